The van der Waals surface area contributed by atoms with E-state index in [1.165, 1.54) is 0 Å². The monoisotopic (exact) mass is 384 g/mol. The molecule has 1 saturated heterocycles. The van der Waals surface area contributed by atoms with E-state index in [1.54, 1.807) is 18.7 Å². The Bertz CT molecular complexity index is 637. The first-order chi connectivity index (χ1) is 12.9. The lowest BCUT2D eigenvalue weighted by Gasteiger charge is -2.37. The van der Waals surface area contributed by atoms with E-state index in [4.69, 9.17) is 14.2 Å². The van der Waals surface area contributed by atoms with Crippen molar-refractivity contribution < 1.29 is 23.8 Å². The molecule has 2 heterocycles. The molecule has 0 aliphatic carbocycles. The third-order valence-corrected chi connectivity index (χ3v) is 4.51. The van der Waals surface area contributed by atoms with Crippen LogP contribution in [0.3, 0.4) is 0 Å². The van der Waals surface area contributed by atoms with E-state index in [0.717, 1.165) is 0 Å². The number of aromatic nitrogens is 4. The van der Waals surface area contributed by atoms with Crippen molar-refractivity contribution in [1.82, 2.24) is 30.8 Å². The van der Waals surface area contributed by atoms with Crippen LogP contribution in [0.2, 0.25) is 0 Å². The Balaban J connectivity index is 2.19. The highest BCUT2D eigenvalue weighted by Crippen LogP contribution is 2.29. The summed E-state index contributed by atoms with van der Waals surface area (Å²) in [5.41, 5.74) is -0.720. The smallest absolute Gasteiger partial charge is 0.407 e. The minimum atomic E-state index is -0.720. The predicted molar refractivity (Wildman–Crippen MR) is 93.7 cm³/mol. The summed E-state index contributed by atoms with van der Waals surface area (Å²) in [6, 6.07) is 0. The number of hydrogen-bond acceptors (Lipinski definition) is 9. The van der Waals surface area contributed by atoms with Crippen molar-refractivity contribution in [3.63, 3.8) is 0 Å². The molecule has 1 unspecified atom stereocenters. The summed E-state index contributed by atoms with van der Waals surface area (Å²) < 4.78 is 17.2. The van der Waals surface area contributed by atoms with Crippen LogP contribution in [-0.4, -0.2) is 71.8 Å². The zero-order chi connectivity index (χ0) is 19.9. The van der Waals surface area contributed by atoms with Gasteiger partial charge in [0.25, 0.3) is 0 Å². The Hall–Kier alpha value is -2.27. The summed E-state index contributed by atoms with van der Waals surface area (Å²) in [6.07, 6.45) is -0.559. The third kappa shape index (κ3) is 5.13. The van der Waals surface area contributed by atoms with Gasteiger partial charge in [0, 0.05) is 13.7 Å². The average Bonchev–Trinajstić information content (AvgIpc) is 3.26. The maximum Gasteiger partial charge on any atom is 0.407 e. The van der Waals surface area contributed by atoms with Crippen LogP contribution in [0.25, 0.3) is 0 Å². The van der Waals surface area contributed by atoms with E-state index in [0.29, 0.717) is 38.7 Å². The molecule has 0 radical (unpaired) electrons. The van der Waals surface area contributed by atoms with Crippen LogP contribution in [0.15, 0.2) is 0 Å². The summed E-state index contributed by atoms with van der Waals surface area (Å²) in [5.74, 6) is 0.300. The molecule has 27 heavy (non-hydrogen) atoms. The second kappa shape index (κ2) is 9.60. The topological polar surface area (TPSA) is 129 Å². The van der Waals surface area contributed by atoms with Crippen LogP contribution in [0.5, 0.6) is 0 Å². The second-order valence-electron chi connectivity index (χ2n) is 6.63. The van der Waals surface area contributed by atoms with Gasteiger partial charge in [0.1, 0.15) is 11.6 Å². The summed E-state index contributed by atoms with van der Waals surface area (Å²) in [4.78, 5) is 22.9. The first-order valence-electron chi connectivity index (χ1n) is 9.03. The van der Waals surface area contributed by atoms with Crippen molar-refractivity contribution >= 4 is 12.1 Å². The fourth-order valence-electron chi connectivity index (χ4n) is 3.00. The standard InChI is InChI=1S/C16H28N6O5/c1-5-26-13(23)6-7-22-14(19-20-21-22)16(10-25-4,11(2)3)18-9-12-8-17-15(24)27-12/h11-12,18H,5-10H2,1-4H3,(H,17,24)/t12-,16?/m0/s1. The van der Waals surface area contributed by atoms with E-state index in [-0.39, 0.29) is 24.4 Å². The van der Waals surface area contributed by atoms with Crippen LogP contribution in [0, 0.1) is 5.92 Å². The Morgan fingerprint density at radius 1 is 1.52 bits per heavy atom. The number of aryl methyl sites for hydroxylation is 1. The maximum atomic E-state index is 11.7. The van der Waals surface area contributed by atoms with Gasteiger partial charge in [-0.1, -0.05) is 13.8 Å². The summed E-state index contributed by atoms with van der Waals surface area (Å²) in [5, 5.41) is 18.1. The minimum Gasteiger partial charge on any atom is -0.466 e. The Labute approximate surface area is 158 Å². The number of carbonyl (C=O) groups excluding carboxylic acids is 2. The average molecular weight is 384 g/mol. The van der Waals surface area contributed by atoms with E-state index in [2.05, 4.69) is 26.2 Å². The largest absolute Gasteiger partial charge is 0.466 e. The fraction of sp³-hybridized carbons (Fsp3) is 0.812. The van der Waals surface area contributed by atoms with Crippen molar-refractivity contribution in [3.05, 3.63) is 5.82 Å². The van der Waals surface area contributed by atoms with Crippen LogP contribution in [0.1, 0.15) is 33.0 Å². The maximum absolute atomic E-state index is 11.7. The van der Waals surface area contributed by atoms with Gasteiger partial charge < -0.3 is 19.5 Å². The lowest BCUT2D eigenvalue weighted by molar-refractivity contribution is -0.143. The molecule has 152 valence electrons. The number of amides is 1. The second-order valence-corrected chi connectivity index (χ2v) is 6.63. The van der Waals surface area contributed by atoms with E-state index in [9.17, 15) is 9.59 Å². The van der Waals surface area contributed by atoms with Gasteiger partial charge in [-0.2, -0.15) is 0 Å². The van der Waals surface area contributed by atoms with Gasteiger partial charge in [-0.05, 0) is 23.3 Å². The summed E-state index contributed by atoms with van der Waals surface area (Å²) in [6.45, 7) is 7.57. The number of methoxy groups -OCH3 is 1. The lowest BCUT2D eigenvalue weighted by Crippen LogP contribution is -2.54. The molecule has 0 spiro atoms. The SMILES string of the molecule is CCOC(=O)CCn1nnnc1C(COC)(NC[C@@H]1CNC(=O)O1)C(C)C. The molecule has 2 atom stereocenters. The Morgan fingerprint density at radius 3 is 2.89 bits per heavy atom. The molecule has 0 aromatic carbocycles. The van der Waals surface area contributed by atoms with Gasteiger partial charge in [-0.25, -0.2) is 9.48 Å². The zero-order valence-electron chi connectivity index (χ0n) is 16.2. The number of ether oxygens (including phenoxy) is 3. The molecule has 1 aromatic rings. The quantitative estimate of drug-likeness (QED) is 0.499. The molecule has 1 aliphatic rings. The predicted octanol–water partition coefficient (Wildman–Crippen LogP) is -0.178. The molecule has 2 rings (SSSR count). The number of alkyl carbamates (subject to hydrolysis) is 1. The fourth-order valence-corrected chi connectivity index (χ4v) is 3.00. The molecule has 11 heteroatoms. The van der Waals surface area contributed by atoms with Crippen LogP contribution < -0.4 is 10.6 Å². The van der Waals surface area contributed by atoms with E-state index in [1.807, 2.05) is 13.8 Å². The van der Waals surface area contributed by atoms with Crippen molar-refractivity contribution in [2.75, 3.05) is 33.4 Å². The van der Waals surface area contributed by atoms with Gasteiger partial charge in [0.2, 0.25) is 0 Å². The lowest BCUT2D eigenvalue weighted by atomic mass is 9.85. The van der Waals surface area contributed by atoms with Crippen molar-refractivity contribution in [3.8, 4) is 0 Å². The van der Waals surface area contributed by atoms with Gasteiger partial charge in [0.15, 0.2) is 5.82 Å². The molecule has 1 amide bonds. The van der Waals surface area contributed by atoms with E-state index < -0.39 is 11.6 Å². The van der Waals surface area contributed by atoms with Crippen molar-refractivity contribution in [1.29, 1.82) is 0 Å². The Morgan fingerprint density at radius 2 is 2.30 bits per heavy atom. The highest BCUT2D eigenvalue weighted by molar-refractivity contribution is 5.69. The number of cyclic esters (lactones) is 1. The molecule has 0 bridgehead atoms. The Kier molecular flexibility index (Phi) is 7.48. The molecular weight excluding hydrogens is 356 g/mol. The summed E-state index contributed by atoms with van der Waals surface area (Å²) >= 11 is 0. The highest BCUT2D eigenvalue weighted by atomic mass is 16.6. The molecule has 0 saturated carbocycles. The number of hydrogen-bond donors (Lipinski definition) is 2. The number of nitrogens with zero attached hydrogens (tertiary/aromatic N) is 4. The highest BCUT2D eigenvalue weighted by Gasteiger charge is 2.42. The van der Waals surface area contributed by atoms with Gasteiger partial charge >= 0.3 is 12.1 Å². The molecular formula is C16H28N6O5. The number of esters is 1. The normalized spacial score (nSPS) is 18.9. The molecule has 2 N–H and O–H groups in total. The minimum absolute atomic E-state index is 0.0508. The van der Waals surface area contributed by atoms with Crippen LogP contribution in [-0.2, 0) is 31.1 Å². The van der Waals surface area contributed by atoms with E-state index >= 15 is 0 Å². The molecule has 1 aromatic heterocycles. The van der Waals surface area contributed by atoms with Gasteiger partial charge in [-0.15, -0.1) is 5.10 Å². The third-order valence-electron chi connectivity index (χ3n) is 4.51. The van der Waals surface area contributed by atoms with Crippen LogP contribution >= 0.6 is 0 Å². The number of carbonyl (C=O) groups is 2. The number of nitrogens with one attached hydrogen (secondary N) is 2. The first-order valence-corrected chi connectivity index (χ1v) is 9.03. The molecule has 11 nitrogen and oxygen atoms in total. The van der Waals surface area contributed by atoms with Gasteiger partial charge in [-0.3, -0.25) is 10.1 Å². The zero-order valence-corrected chi connectivity index (χ0v) is 16.2. The number of tetrazole rings is 1. The summed E-state index contributed by atoms with van der Waals surface area (Å²) in [7, 11) is 1.60. The first kappa shape index (κ1) is 21.0. The van der Waals surface area contributed by atoms with Crippen LogP contribution in [0.4, 0.5) is 4.79 Å². The molecule has 1 aliphatic heterocycles. The van der Waals surface area contributed by atoms with Gasteiger partial charge in [0.05, 0.1) is 32.7 Å². The molecule has 1 fully saturated rings. The number of rotatable bonds is 11. The van der Waals surface area contributed by atoms with Crippen molar-refractivity contribution in [2.45, 2.75) is 45.4 Å². The van der Waals surface area contributed by atoms with Crippen molar-refractivity contribution in [2.24, 2.45) is 5.92 Å².